The molecule has 6 amide bonds. The average molecular weight is 450 g/mol. The van der Waals surface area contributed by atoms with Gasteiger partial charge >= 0.3 is 12.1 Å². The quantitative estimate of drug-likeness (QED) is 0.415. The molecule has 3 rings (SSSR count). The number of imide groups is 2. The first-order chi connectivity index (χ1) is 15.0. The molecule has 1 unspecified atom stereocenters. The van der Waals surface area contributed by atoms with E-state index in [4.69, 9.17) is 5.73 Å². The molecule has 0 aromatic carbocycles. The lowest BCUT2D eigenvalue weighted by atomic mass is 9.72. The molecule has 10 heteroatoms. The second kappa shape index (κ2) is 8.73. The number of hydrogen-bond acceptors (Lipinski definition) is 6. The number of aliphatic hydroxyl groups is 1. The van der Waals surface area contributed by atoms with E-state index in [9.17, 15) is 24.3 Å². The van der Waals surface area contributed by atoms with E-state index in [1.807, 2.05) is 6.92 Å². The number of rotatable bonds is 6. The van der Waals surface area contributed by atoms with Gasteiger partial charge in [-0.15, -0.1) is 0 Å². The molecule has 178 valence electrons. The van der Waals surface area contributed by atoms with Gasteiger partial charge in [0.25, 0.3) is 11.8 Å². The largest absolute Gasteiger partial charge is 0.404 e. The third kappa shape index (κ3) is 4.07. The fourth-order valence-electron chi connectivity index (χ4n) is 4.83. The molecule has 2 saturated heterocycles. The van der Waals surface area contributed by atoms with Crippen LogP contribution in [0, 0.1) is 5.41 Å². The van der Waals surface area contributed by atoms with Crippen LogP contribution in [0.25, 0.3) is 0 Å². The first kappa shape index (κ1) is 24.0. The molecule has 0 spiro atoms. The summed E-state index contributed by atoms with van der Waals surface area (Å²) in [5, 5.41) is 12.9. The molecule has 32 heavy (non-hydrogen) atoms. The van der Waals surface area contributed by atoms with Crippen molar-refractivity contribution in [2.45, 2.75) is 84.0 Å². The van der Waals surface area contributed by atoms with Crippen LogP contribution in [0.15, 0.2) is 11.8 Å². The van der Waals surface area contributed by atoms with Gasteiger partial charge < -0.3 is 15.7 Å². The van der Waals surface area contributed by atoms with E-state index in [-0.39, 0.29) is 29.0 Å². The Morgan fingerprint density at radius 3 is 2.28 bits per heavy atom. The predicted molar refractivity (Wildman–Crippen MR) is 117 cm³/mol. The van der Waals surface area contributed by atoms with Crippen molar-refractivity contribution in [1.82, 2.24) is 20.0 Å². The molecule has 3 aliphatic rings. The minimum atomic E-state index is -1.33. The van der Waals surface area contributed by atoms with Crippen LogP contribution < -0.4 is 11.1 Å². The molecule has 10 nitrogen and oxygen atoms in total. The smallest absolute Gasteiger partial charge is 0.329 e. The van der Waals surface area contributed by atoms with E-state index >= 15 is 0 Å². The third-order valence-corrected chi connectivity index (χ3v) is 7.19. The maximum absolute atomic E-state index is 13.1. The number of nitrogens with one attached hydrogen (secondary N) is 1. The number of amides is 6. The topological polar surface area (TPSA) is 136 Å². The maximum atomic E-state index is 13.1. The number of hydrogen-bond donors (Lipinski definition) is 3. The number of nitrogens with two attached hydrogens (primary N) is 1. The molecule has 0 bridgehead atoms. The highest BCUT2D eigenvalue weighted by Gasteiger charge is 2.50. The zero-order valence-corrected chi connectivity index (χ0v) is 19.4. The van der Waals surface area contributed by atoms with Gasteiger partial charge in [0.1, 0.15) is 5.54 Å². The number of aliphatic hydroxyl groups excluding tert-OH is 1. The van der Waals surface area contributed by atoms with Gasteiger partial charge in [0, 0.05) is 25.3 Å². The van der Waals surface area contributed by atoms with E-state index < -0.39 is 23.7 Å². The fraction of sp³-hybridized carbons (Fsp3) is 0.727. The Kier molecular flexibility index (Phi) is 6.55. The molecule has 0 radical (unpaired) electrons. The van der Waals surface area contributed by atoms with Crippen LogP contribution in [0.2, 0.25) is 0 Å². The zero-order valence-electron chi connectivity index (χ0n) is 19.4. The second-order valence-electron chi connectivity index (χ2n) is 9.95. The summed E-state index contributed by atoms with van der Waals surface area (Å²) in [5.74, 6) is -0.854. The summed E-state index contributed by atoms with van der Waals surface area (Å²) in [6.45, 7) is 8.27. The Labute approximate surface area is 188 Å². The van der Waals surface area contributed by atoms with Gasteiger partial charge in [-0.1, -0.05) is 20.3 Å². The van der Waals surface area contributed by atoms with E-state index in [1.54, 1.807) is 18.7 Å². The molecule has 0 aromatic rings. The van der Waals surface area contributed by atoms with Gasteiger partial charge in [-0.3, -0.25) is 24.7 Å². The highest BCUT2D eigenvalue weighted by atomic mass is 16.3. The third-order valence-electron chi connectivity index (χ3n) is 7.19. The molecule has 2 aliphatic heterocycles. The van der Waals surface area contributed by atoms with Crippen molar-refractivity contribution in [3.63, 3.8) is 0 Å². The summed E-state index contributed by atoms with van der Waals surface area (Å²) in [7, 11) is 0. The minimum absolute atomic E-state index is 0.0167. The molecule has 2 heterocycles. The lowest BCUT2D eigenvalue weighted by Crippen LogP contribution is -2.62. The summed E-state index contributed by atoms with van der Waals surface area (Å²) in [6, 6.07) is -1.18. The van der Waals surface area contributed by atoms with Crippen LogP contribution in [0.3, 0.4) is 0 Å². The number of unbranched alkanes of at least 4 members (excludes halogenated alkanes) is 1. The van der Waals surface area contributed by atoms with Crippen LogP contribution in [-0.4, -0.2) is 74.6 Å². The van der Waals surface area contributed by atoms with Crippen molar-refractivity contribution < 1.29 is 24.3 Å². The van der Waals surface area contributed by atoms with E-state index in [1.165, 1.54) is 9.80 Å². The van der Waals surface area contributed by atoms with Crippen LogP contribution >= 0.6 is 0 Å². The van der Waals surface area contributed by atoms with Crippen molar-refractivity contribution in [2.24, 2.45) is 11.1 Å². The van der Waals surface area contributed by atoms with E-state index in [2.05, 4.69) is 12.2 Å². The summed E-state index contributed by atoms with van der Waals surface area (Å²) in [4.78, 5) is 54.6. The fourth-order valence-corrected chi connectivity index (χ4v) is 4.83. The summed E-state index contributed by atoms with van der Waals surface area (Å²) in [5.41, 5.74) is 4.48. The standard InChI is InChI=1S/C22H35N5O5/c1-5-6-11-25-16(28)15(12-23)17(29)27(20(25)32)14-7-9-22(4,10-8-14)13-26-19(31)24-18(30)21(26,2)3/h12,14,16,28H,5-11,13,23H2,1-4H3,(H,24,30,31)/b15-12+. The SMILES string of the molecule is CCCCN1C(=O)N(C2CCC(C)(CN3C(=O)NC(=O)C3(C)C)CC2)C(=O)/C(=C/N)C1O. The van der Waals surface area contributed by atoms with Gasteiger partial charge in [0.15, 0.2) is 6.23 Å². The first-order valence-corrected chi connectivity index (χ1v) is 11.3. The minimum Gasteiger partial charge on any atom is -0.404 e. The summed E-state index contributed by atoms with van der Waals surface area (Å²) >= 11 is 0. The highest BCUT2D eigenvalue weighted by Crippen LogP contribution is 2.41. The van der Waals surface area contributed by atoms with Gasteiger partial charge in [-0.25, -0.2) is 9.59 Å². The number of urea groups is 2. The Bertz CT molecular complexity index is 831. The number of nitrogens with zero attached hydrogens (tertiary/aromatic N) is 3. The molecule has 0 aromatic heterocycles. The van der Waals surface area contributed by atoms with Gasteiger partial charge in [-0.2, -0.15) is 0 Å². The van der Waals surface area contributed by atoms with Crippen LogP contribution in [-0.2, 0) is 9.59 Å². The lowest BCUT2D eigenvalue weighted by Gasteiger charge is -2.47. The van der Waals surface area contributed by atoms with E-state index in [0.29, 0.717) is 45.2 Å². The monoisotopic (exact) mass is 449 g/mol. The van der Waals surface area contributed by atoms with Crippen LogP contribution in [0.4, 0.5) is 9.59 Å². The molecular formula is C22H35N5O5. The first-order valence-electron chi connectivity index (χ1n) is 11.3. The van der Waals surface area contributed by atoms with Crippen molar-refractivity contribution in [3.8, 4) is 0 Å². The Balaban J connectivity index is 1.73. The predicted octanol–water partition coefficient (Wildman–Crippen LogP) is 1.49. The van der Waals surface area contributed by atoms with Crippen molar-refractivity contribution in [3.05, 3.63) is 11.8 Å². The van der Waals surface area contributed by atoms with Gasteiger partial charge in [-0.05, 0) is 51.4 Å². The number of carbonyl (C=O) groups excluding carboxylic acids is 4. The summed E-state index contributed by atoms with van der Waals surface area (Å²) in [6.07, 6.45) is 3.83. The van der Waals surface area contributed by atoms with Crippen LogP contribution in [0.5, 0.6) is 0 Å². The normalized spacial score (nSPS) is 32.2. The lowest BCUT2D eigenvalue weighted by molar-refractivity contribution is -0.134. The van der Waals surface area contributed by atoms with Crippen molar-refractivity contribution in [1.29, 1.82) is 0 Å². The maximum Gasteiger partial charge on any atom is 0.329 e. The van der Waals surface area contributed by atoms with Crippen LogP contribution in [0.1, 0.15) is 66.2 Å². The second-order valence-corrected chi connectivity index (χ2v) is 9.95. The molecular weight excluding hydrogens is 414 g/mol. The molecule has 1 atom stereocenters. The van der Waals surface area contributed by atoms with E-state index in [0.717, 1.165) is 12.6 Å². The Morgan fingerprint density at radius 1 is 1.16 bits per heavy atom. The Morgan fingerprint density at radius 2 is 1.78 bits per heavy atom. The highest BCUT2D eigenvalue weighted by molar-refractivity contribution is 6.07. The molecule has 4 N–H and O–H groups in total. The summed E-state index contributed by atoms with van der Waals surface area (Å²) < 4.78 is 0. The van der Waals surface area contributed by atoms with Gasteiger partial charge in [0.05, 0.1) is 5.57 Å². The molecule has 1 saturated carbocycles. The molecule has 1 aliphatic carbocycles. The average Bonchev–Trinajstić information content (AvgIpc) is 2.91. The Hall–Kier alpha value is -2.62. The number of carbonyl (C=O) groups is 4. The molecule has 3 fully saturated rings. The van der Waals surface area contributed by atoms with Crippen molar-refractivity contribution >= 4 is 23.9 Å². The van der Waals surface area contributed by atoms with Crippen molar-refractivity contribution in [2.75, 3.05) is 13.1 Å². The zero-order chi connectivity index (χ0) is 23.8. The van der Waals surface area contributed by atoms with Gasteiger partial charge in [0.2, 0.25) is 0 Å².